The standard InChI is InChI=1S/C15H17F3N2S/c16-15(17,18)10-5-6-13-12(7-10)20-14(21-13)11-4-2-1-3-9(11)8-19/h5-7,9,11H,1-4,8,19H2. The first-order chi connectivity index (χ1) is 9.99. The Bertz CT molecular complexity index is 635. The molecule has 0 bridgehead atoms. The van der Waals surface area contributed by atoms with Gasteiger partial charge in [-0.1, -0.05) is 12.8 Å². The second-order valence-corrected chi connectivity index (χ2v) is 6.68. The summed E-state index contributed by atoms with van der Waals surface area (Å²) in [6.45, 7) is 0.619. The van der Waals surface area contributed by atoms with Crippen LogP contribution in [-0.2, 0) is 6.18 Å². The highest BCUT2D eigenvalue weighted by atomic mass is 32.1. The predicted molar refractivity (Wildman–Crippen MR) is 78.4 cm³/mol. The maximum absolute atomic E-state index is 12.8. The first-order valence-corrected chi connectivity index (χ1v) is 7.98. The molecule has 3 rings (SSSR count). The Balaban J connectivity index is 1.97. The van der Waals surface area contributed by atoms with Crippen LogP contribution in [0.4, 0.5) is 13.2 Å². The zero-order valence-corrected chi connectivity index (χ0v) is 12.3. The smallest absolute Gasteiger partial charge is 0.330 e. The lowest BCUT2D eigenvalue weighted by molar-refractivity contribution is -0.137. The monoisotopic (exact) mass is 314 g/mol. The molecule has 6 heteroatoms. The number of alkyl halides is 3. The van der Waals surface area contributed by atoms with Crippen LogP contribution in [-0.4, -0.2) is 11.5 Å². The highest BCUT2D eigenvalue weighted by molar-refractivity contribution is 7.18. The second kappa shape index (κ2) is 5.57. The van der Waals surface area contributed by atoms with Crippen LogP contribution in [0.3, 0.4) is 0 Å². The van der Waals surface area contributed by atoms with Gasteiger partial charge in [0.05, 0.1) is 20.8 Å². The van der Waals surface area contributed by atoms with Gasteiger partial charge < -0.3 is 5.73 Å². The zero-order chi connectivity index (χ0) is 15.0. The summed E-state index contributed by atoms with van der Waals surface area (Å²) in [5.74, 6) is 0.705. The summed E-state index contributed by atoms with van der Waals surface area (Å²) in [6, 6.07) is 3.81. The molecule has 21 heavy (non-hydrogen) atoms. The molecule has 1 aromatic carbocycles. The van der Waals surface area contributed by atoms with E-state index in [1.807, 2.05) is 0 Å². The maximum Gasteiger partial charge on any atom is 0.416 e. The van der Waals surface area contributed by atoms with E-state index in [1.54, 1.807) is 0 Å². The van der Waals surface area contributed by atoms with Crippen molar-refractivity contribution in [3.63, 3.8) is 0 Å². The van der Waals surface area contributed by atoms with E-state index in [0.29, 0.717) is 23.9 Å². The van der Waals surface area contributed by atoms with Gasteiger partial charge in [0, 0.05) is 5.92 Å². The molecule has 1 saturated carbocycles. The van der Waals surface area contributed by atoms with Crippen LogP contribution in [0.5, 0.6) is 0 Å². The number of fused-ring (bicyclic) bond motifs is 1. The average molecular weight is 314 g/mol. The molecular formula is C15H17F3N2S. The Morgan fingerprint density at radius 1 is 1.24 bits per heavy atom. The van der Waals surface area contributed by atoms with Gasteiger partial charge in [0.25, 0.3) is 0 Å². The van der Waals surface area contributed by atoms with Crippen LogP contribution < -0.4 is 5.73 Å². The third-order valence-corrected chi connectivity index (χ3v) is 5.43. The normalized spacial score (nSPS) is 23.6. The molecule has 2 atom stereocenters. The Morgan fingerprint density at radius 2 is 2.00 bits per heavy atom. The van der Waals surface area contributed by atoms with Crippen molar-refractivity contribution in [2.24, 2.45) is 11.7 Å². The minimum Gasteiger partial charge on any atom is -0.330 e. The lowest BCUT2D eigenvalue weighted by atomic mass is 9.79. The van der Waals surface area contributed by atoms with Gasteiger partial charge in [0.15, 0.2) is 0 Å². The molecule has 0 saturated heterocycles. The third kappa shape index (κ3) is 2.92. The first kappa shape index (κ1) is 14.8. The molecule has 0 amide bonds. The minimum absolute atomic E-state index is 0.301. The van der Waals surface area contributed by atoms with Crippen molar-refractivity contribution in [3.8, 4) is 0 Å². The van der Waals surface area contributed by atoms with Crippen molar-refractivity contribution >= 4 is 21.6 Å². The minimum atomic E-state index is -4.32. The molecule has 1 heterocycles. The van der Waals surface area contributed by atoms with Gasteiger partial charge in [0.1, 0.15) is 0 Å². The van der Waals surface area contributed by atoms with Crippen LogP contribution in [0, 0.1) is 5.92 Å². The molecule has 1 fully saturated rings. The summed E-state index contributed by atoms with van der Waals surface area (Å²) in [7, 11) is 0. The molecule has 1 aliphatic carbocycles. The molecule has 2 unspecified atom stereocenters. The molecule has 1 aromatic heterocycles. The molecule has 2 nitrogen and oxygen atoms in total. The van der Waals surface area contributed by atoms with E-state index in [9.17, 15) is 13.2 Å². The number of thiazole rings is 1. The molecule has 0 aliphatic heterocycles. The van der Waals surface area contributed by atoms with Gasteiger partial charge in [-0.05, 0) is 43.5 Å². The van der Waals surface area contributed by atoms with Gasteiger partial charge in [-0.15, -0.1) is 11.3 Å². The molecule has 2 aromatic rings. The van der Waals surface area contributed by atoms with E-state index in [-0.39, 0.29) is 0 Å². The third-order valence-electron chi connectivity index (χ3n) is 4.26. The summed E-state index contributed by atoms with van der Waals surface area (Å²) in [6.07, 6.45) is 0.133. The number of aromatic nitrogens is 1. The van der Waals surface area contributed by atoms with Gasteiger partial charge in [-0.3, -0.25) is 0 Å². The van der Waals surface area contributed by atoms with Crippen LogP contribution in [0.2, 0.25) is 0 Å². The van der Waals surface area contributed by atoms with Crippen molar-refractivity contribution in [2.45, 2.75) is 37.8 Å². The zero-order valence-electron chi connectivity index (χ0n) is 11.5. The van der Waals surface area contributed by atoms with Gasteiger partial charge in [0.2, 0.25) is 0 Å². The number of halogens is 3. The Labute approximate surface area is 125 Å². The fourth-order valence-electron chi connectivity index (χ4n) is 3.10. The number of hydrogen-bond donors (Lipinski definition) is 1. The van der Waals surface area contributed by atoms with E-state index < -0.39 is 11.7 Å². The van der Waals surface area contributed by atoms with Crippen LogP contribution >= 0.6 is 11.3 Å². The second-order valence-electron chi connectivity index (χ2n) is 5.62. The highest BCUT2D eigenvalue weighted by Crippen LogP contribution is 2.41. The van der Waals surface area contributed by atoms with Crippen molar-refractivity contribution in [1.29, 1.82) is 0 Å². The van der Waals surface area contributed by atoms with E-state index in [4.69, 9.17) is 5.73 Å². The first-order valence-electron chi connectivity index (χ1n) is 7.17. The lowest BCUT2D eigenvalue weighted by Crippen LogP contribution is -2.25. The number of nitrogens with two attached hydrogens (primary N) is 1. The number of benzene rings is 1. The Hall–Kier alpha value is -1.14. The van der Waals surface area contributed by atoms with Crippen LogP contribution in [0.25, 0.3) is 10.2 Å². The Kier molecular flexibility index (Phi) is 3.92. The van der Waals surface area contributed by atoms with Crippen molar-refractivity contribution in [3.05, 3.63) is 28.8 Å². The predicted octanol–water partition coefficient (Wildman–Crippen LogP) is 4.55. The molecule has 0 radical (unpaired) electrons. The quantitative estimate of drug-likeness (QED) is 0.883. The van der Waals surface area contributed by atoms with E-state index in [0.717, 1.165) is 41.1 Å². The van der Waals surface area contributed by atoms with Crippen molar-refractivity contribution in [2.75, 3.05) is 6.54 Å². The largest absolute Gasteiger partial charge is 0.416 e. The maximum atomic E-state index is 12.8. The number of rotatable bonds is 2. The topological polar surface area (TPSA) is 38.9 Å². The summed E-state index contributed by atoms with van der Waals surface area (Å²) in [4.78, 5) is 4.47. The molecule has 0 spiro atoms. The van der Waals surface area contributed by atoms with Crippen molar-refractivity contribution in [1.82, 2.24) is 4.98 Å². The summed E-state index contributed by atoms with van der Waals surface area (Å²) >= 11 is 1.51. The summed E-state index contributed by atoms with van der Waals surface area (Å²) < 4.78 is 39.1. The SMILES string of the molecule is NCC1CCCCC1c1nc2cc(C(F)(F)F)ccc2s1. The van der Waals surface area contributed by atoms with Gasteiger partial charge in [-0.25, -0.2) is 4.98 Å². The summed E-state index contributed by atoms with van der Waals surface area (Å²) in [5.41, 5.74) is 5.65. The van der Waals surface area contributed by atoms with Crippen molar-refractivity contribution < 1.29 is 13.2 Å². The van der Waals surface area contributed by atoms with Gasteiger partial charge >= 0.3 is 6.18 Å². The van der Waals surface area contributed by atoms with E-state index >= 15 is 0 Å². The average Bonchev–Trinajstić information content (AvgIpc) is 2.89. The van der Waals surface area contributed by atoms with Crippen LogP contribution in [0.1, 0.15) is 42.2 Å². The van der Waals surface area contributed by atoms with Crippen LogP contribution in [0.15, 0.2) is 18.2 Å². The molecule has 2 N–H and O–H groups in total. The number of nitrogens with zero attached hydrogens (tertiary/aromatic N) is 1. The van der Waals surface area contributed by atoms with E-state index in [1.165, 1.54) is 23.8 Å². The highest BCUT2D eigenvalue weighted by Gasteiger charge is 2.32. The molecular weight excluding hydrogens is 297 g/mol. The Morgan fingerprint density at radius 3 is 2.71 bits per heavy atom. The fourth-order valence-corrected chi connectivity index (χ4v) is 4.27. The summed E-state index contributed by atoms with van der Waals surface area (Å²) in [5, 5.41) is 0.944. The molecule has 1 aliphatic rings. The molecule has 114 valence electrons. The number of hydrogen-bond acceptors (Lipinski definition) is 3. The van der Waals surface area contributed by atoms with Gasteiger partial charge in [-0.2, -0.15) is 13.2 Å². The lowest BCUT2D eigenvalue weighted by Gasteiger charge is -2.28. The van der Waals surface area contributed by atoms with E-state index in [2.05, 4.69) is 4.98 Å². The fraction of sp³-hybridized carbons (Fsp3) is 0.533.